The number of nitrogens with zero attached hydrogens (tertiary/aromatic N) is 1. The maximum atomic E-state index is 3.50. The first-order chi connectivity index (χ1) is 9.13. The van der Waals surface area contributed by atoms with Crippen molar-refractivity contribution >= 4 is 0 Å². The smallest absolute Gasteiger partial charge is 0.0473 e. The zero-order valence-corrected chi connectivity index (χ0v) is 12.8. The van der Waals surface area contributed by atoms with Crippen LogP contribution in [-0.2, 0) is 0 Å². The Morgan fingerprint density at radius 3 is 2.37 bits per heavy atom. The predicted molar refractivity (Wildman–Crippen MR) is 82.2 cm³/mol. The van der Waals surface area contributed by atoms with E-state index in [1.807, 2.05) is 0 Å². The van der Waals surface area contributed by atoms with Gasteiger partial charge in [-0.15, -0.1) is 0 Å². The Hall–Kier alpha value is -0.860. The quantitative estimate of drug-likeness (QED) is 0.874. The molecule has 1 aliphatic rings. The van der Waals surface area contributed by atoms with Gasteiger partial charge in [0, 0.05) is 18.6 Å². The number of hydrogen-bond donors (Lipinski definition) is 1. The molecule has 0 aliphatic carbocycles. The first-order valence-corrected chi connectivity index (χ1v) is 7.59. The number of rotatable bonds is 5. The average molecular weight is 260 g/mol. The molecule has 0 saturated carbocycles. The lowest BCUT2D eigenvalue weighted by atomic mass is 9.95. The van der Waals surface area contributed by atoms with E-state index in [-0.39, 0.29) is 0 Å². The van der Waals surface area contributed by atoms with E-state index in [9.17, 15) is 0 Å². The molecule has 3 unspecified atom stereocenters. The van der Waals surface area contributed by atoms with Crippen molar-refractivity contribution in [2.45, 2.75) is 39.3 Å². The Morgan fingerprint density at radius 2 is 1.84 bits per heavy atom. The van der Waals surface area contributed by atoms with Crippen molar-refractivity contribution in [3.63, 3.8) is 0 Å². The van der Waals surface area contributed by atoms with Gasteiger partial charge in [0.1, 0.15) is 0 Å². The van der Waals surface area contributed by atoms with Gasteiger partial charge < -0.3 is 5.32 Å². The number of benzene rings is 1. The van der Waals surface area contributed by atoms with Crippen LogP contribution < -0.4 is 5.32 Å². The molecule has 1 fully saturated rings. The Balaban J connectivity index is 2.04. The molecular formula is C17H28N2. The van der Waals surface area contributed by atoms with Crippen molar-refractivity contribution in [1.29, 1.82) is 0 Å². The Morgan fingerprint density at radius 1 is 1.16 bits per heavy atom. The minimum absolute atomic E-state index is 0.423. The lowest BCUT2D eigenvalue weighted by Gasteiger charge is -2.32. The summed E-state index contributed by atoms with van der Waals surface area (Å²) in [6.45, 7) is 9.56. The van der Waals surface area contributed by atoms with Crippen molar-refractivity contribution in [1.82, 2.24) is 10.2 Å². The standard InChI is InChI=1S/C17H28N2/c1-13(2)16-10-11-19(12-16)14(3)17(18-4)15-8-6-5-7-9-15/h5-9,13-14,16-18H,10-12H2,1-4H3. The molecule has 1 aliphatic heterocycles. The fourth-order valence-electron chi connectivity index (χ4n) is 3.29. The van der Waals surface area contributed by atoms with Crippen LogP contribution in [0.4, 0.5) is 0 Å². The first kappa shape index (κ1) is 14.5. The largest absolute Gasteiger partial charge is 0.312 e. The topological polar surface area (TPSA) is 15.3 Å². The van der Waals surface area contributed by atoms with Crippen LogP contribution in [0.1, 0.15) is 38.8 Å². The third-order valence-electron chi connectivity index (χ3n) is 4.73. The van der Waals surface area contributed by atoms with E-state index in [0.29, 0.717) is 12.1 Å². The molecule has 19 heavy (non-hydrogen) atoms. The van der Waals surface area contributed by atoms with Crippen LogP contribution in [0.5, 0.6) is 0 Å². The molecule has 1 aromatic carbocycles. The normalized spacial score (nSPS) is 23.7. The molecule has 3 atom stereocenters. The van der Waals surface area contributed by atoms with Crippen molar-refractivity contribution in [2.75, 3.05) is 20.1 Å². The number of hydrogen-bond acceptors (Lipinski definition) is 2. The summed E-state index contributed by atoms with van der Waals surface area (Å²) in [4.78, 5) is 2.65. The SMILES string of the molecule is CNC(c1ccccc1)C(C)N1CCC(C(C)C)C1. The molecule has 0 bridgehead atoms. The van der Waals surface area contributed by atoms with E-state index in [4.69, 9.17) is 0 Å². The van der Waals surface area contributed by atoms with Crippen LogP contribution in [0, 0.1) is 11.8 Å². The summed E-state index contributed by atoms with van der Waals surface area (Å²) < 4.78 is 0. The third-order valence-corrected chi connectivity index (χ3v) is 4.73. The van der Waals surface area contributed by atoms with E-state index < -0.39 is 0 Å². The van der Waals surface area contributed by atoms with Crippen molar-refractivity contribution in [2.24, 2.45) is 11.8 Å². The third kappa shape index (κ3) is 3.37. The van der Waals surface area contributed by atoms with Crippen LogP contribution in [0.15, 0.2) is 30.3 Å². The van der Waals surface area contributed by atoms with Crippen LogP contribution in [0.25, 0.3) is 0 Å². The lowest BCUT2D eigenvalue weighted by Crippen LogP contribution is -2.41. The second-order valence-corrected chi connectivity index (χ2v) is 6.21. The van der Waals surface area contributed by atoms with Gasteiger partial charge in [-0.05, 0) is 44.3 Å². The molecule has 0 amide bonds. The van der Waals surface area contributed by atoms with E-state index in [0.717, 1.165) is 11.8 Å². The Bertz CT molecular complexity index is 374. The van der Waals surface area contributed by atoms with Crippen molar-refractivity contribution in [3.8, 4) is 0 Å². The number of likely N-dealkylation sites (tertiary alicyclic amines) is 1. The molecule has 1 saturated heterocycles. The van der Waals surface area contributed by atoms with Crippen molar-refractivity contribution < 1.29 is 0 Å². The fraction of sp³-hybridized carbons (Fsp3) is 0.647. The summed E-state index contributed by atoms with van der Waals surface area (Å²) >= 11 is 0. The highest BCUT2D eigenvalue weighted by Crippen LogP contribution is 2.29. The minimum atomic E-state index is 0.423. The predicted octanol–water partition coefficient (Wildman–Crippen LogP) is 3.31. The summed E-state index contributed by atoms with van der Waals surface area (Å²) in [5.41, 5.74) is 1.39. The molecular weight excluding hydrogens is 232 g/mol. The molecule has 106 valence electrons. The van der Waals surface area contributed by atoms with Gasteiger partial charge in [0.15, 0.2) is 0 Å². The molecule has 1 aromatic rings. The molecule has 1 heterocycles. The van der Waals surface area contributed by atoms with Crippen LogP contribution in [0.3, 0.4) is 0 Å². The van der Waals surface area contributed by atoms with Gasteiger partial charge in [0.25, 0.3) is 0 Å². The lowest BCUT2D eigenvalue weighted by molar-refractivity contribution is 0.198. The summed E-state index contributed by atoms with van der Waals surface area (Å²) in [5.74, 6) is 1.68. The summed E-state index contributed by atoms with van der Waals surface area (Å²) in [7, 11) is 2.07. The zero-order valence-electron chi connectivity index (χ0n) is 12.8. The first-order valence-electron chi connectivity index (χ1n) is 7.59. The van der Waals surface area contributed by atoms with Gasteiger partial charge >= 0.3 is 0 Å². The molecule has 0 radical (unpaired) electrons. The monoisotopic (exact) mass is 260 g/mol. The summed E-state index contributed by atoms with van der Waals surface area (Å²) in [6.07, 6.45) is 1.35. The Labute approximate surface area is 118 Å². The van der Waals surface area contributed by atoms with Crippen LogP contribution in [0.2, 0.25) is 0 Å². The second kappa shape index (κ2) is 6.53. The molecule has 2 heteroatoms. The number of nitrogens with one attached hydrogen (secondary N) is 1. The van der Waals surface area contributed by atoms with Gasteiger partial charge in [-0.3, -0.25) is 4.90 Å². The van der Waals surface area contributed by atoms with Gasteiger partial charge in [-0.2, -0.15) is 0 Å². The molecule has 2 rings (SSSR count). The highest BCUT2D eigenvalue weighted by molar-refractivity contribution is 5.20. The van der Waals surface area contributed by atoms with Crippen LogP contribution >= 0.6 is 0 Å². The fourth-order valence-corrected chi connectivity index (χ4v) is 3.29. The maximum absolute atomic E-state index is 3.50. The number of likely N-dealkylation sites (N-methyl/N-ethyl adjacent to an activating group) is 1. The Kier molecular flexibility index (Phi) is 5.00. The molecule has 1 N–H and O–H groups in total. The summed E-state index contributed by atoms with van der Waals surface area (Å²) in [5, 5.41) is 3.50. The highest BCUT2D eigenvalue weighted by Gasteiger charge is 2.31. The van der Waals surface area contributed by atoms with Crippen molar-refractivity contribution in [3.05, 3.63) is 35.9 Å². The second-order valence-electron chi connectivity index (χ2n) is 6.21. The zero-order chi connectivity index (χ0) is 13.8. The summed E-state index contributed by atoms with van der Waals surface area (Å²) in [6, 6.07) is 11.8. The van der Waals surface area contributed by atoms with E-state index in [1.54, 1.807) is 0 Å². The van der Waals surface area contributed by atoms with Gasteiger partial charge in [-0.25, -0.2) is 0 Å². The van der Waals surface area contributed by atoms with E-state index in [2.05, 4.69) is 68.4 Å². The maximum Gasteiger partial charge on any atom is 0.0473 e. The molecule has 0 aromatic heterocycles. The molecule has 0 spiro atoms. The average Bonchev–Trinajstić information content (AvgIpc) is 2.90. The van der Waals surface area contributed by atoms with E-state index in [1.165, 1.54) is 25.1 Å². The van der Waals surface area contributed by atoms with Gasteiger partial charge in [0.2, 0.25) is 0 Å². The van der Waals surface area contributed by atoms with Gasteiger partial charge in [-0.1, -0.05) is 44.2 Å². The van der Waals surface area contributed by atoms with Gasteiger partial charge in [0.05, 0.1) is 0 Å². The minimum Gasteiger partial charge on any atom is -0.312 e. The van der Waals surface area contributed by atoms with E-state index >= 15 is 0 Å². The highest BCUT2D eigenvalue weighted by atomic mass is 15.2. The molecule has 2 nitrogen and oxygen atoms in total. The van der Waals surface area contributed by atoms with Crippen LogP contribution in [-0.4, -0.2) is 31.1 Å².